The van der Waals surface area contributed by atoms with E-state index in [4.69, 9.17) is 21.2 Å². The van der Waals surface area contributed by atoms with Crippen LogP contribution in [0.1, 0.15) is 24.2 Å². The molecule has 1 saturated heterocycles. The van der Waals surface area contributed by atoms with Crippen molar-refractivity contribution in [2.24, 2.45) is 0 Å². The monoisotopic (exact) mass is 358 g/mol. The van der Waals surface area contributed by atoms with Crippen molar-refractivity contribution in [2.75, 3.05) is 32.8 Å². The van der Waals surface area contributed by atoms with E-state index >= 15 is 0 Å². The molecule has 1 atom stereocenters. The fourth-order valence-electron chi connectivity index (χ4n) is 2.28. The molecule has 0 N–H and O–H groups in total. The lowest BCUT2D eigenvalue weighted by molar-refractivity contribution is -0.306. The van der Waals surface area contributed by atoms with Gasteiger partial charge in [-0.25, -0.2) is 9.18 Å². The molecule has 1 aliphatic rings. The summed E-state index contributed by atoms with van der Waals surface area (Å²) in [5, 5.41) is 1.83. The molecule has 0 spiro atoms. The Balaban J connectivity index is 1.81. The number of piperazine rings is 1. The van der Waals surface area contributed by atoms with Crippen LogP contribution in [0.5, 0.6) is 0 Å². The molecular weight excluding hydrogens is 339 g/mol. The molecule has 1 fully saturated rings. The normalized spacial score (nSPS) is 18.1. The predicted octanol–water partition coefficient (Wildman–Crippen LogP) is 2.28. The average molecular weight is 359 g/mol. The minimum Gasteiger partial charge on any atom is -0.456 e. The highest BCUT2D eigenvalue weighted by Crippen LogP contribution is 2.18. The molecular formula is C16H20ClFN2O4. The van der Waals surface area contributed by atoms with Gasteiger partial charge in [0, 0.05) is 38.1 Å². The molecule has 0 aromatic heterocycles. The maximum atomic E-state index is 14.4. The number of carbonyl (C=O) groups is 2. The van der Waals surface area contributed by atoms with Gasteiger partial charge in [-0.05, 0) is 25.1 Å². The quantitative estimate of drug-likeness (QED) is 0.756. The molecule has 1 amide bonds. The molecule has 8 heteroatoms. The van der Waals surface area contributed by atoms with E-state index < -0.39 is 18.4 Å². The van der Waals surface area contributed by atoms with E-state index in [-0.39, 0.29) is 11.5 Å². The molecule has 1 aliphatic heterocycles. The molecule has 24 heavy (non-hydrogen) atoms. The van der Waals surface area contributed by atoms with Crippen molar-refractivity contribution in [1.82, 2.24) is 9.96 Å². The smallest absolute Gasteiger partial charge is 0.338 e. The summed E-state index contributed by atoms with van der Waals surface area (Å²) in [6, 6.07) is 6.22. The molecule has 1 heterocycles. The van der Waals surface area contributed by atoms with Crippen LogP contribution in [-0.2, 0) is 14.4 Å². The summed E-state index contributed by atoms with van der Waals surface area (Å²) in [5.74, 6) is -2.86. The zero-order valence-corrected chi connectivity index (χ0v) is 14.4. The highest BCUT2D eigenvalue weighted by molar-refractivity contribution is 6.30. The van der Waals surface area contributed by atoms with Gasteiger partial charge in [0.1, 0.15) is 0 Å². The molecule has 0 saturated carbocycles. The Morgan fingerprint density at radius 2 is 1.96 bits per heavy atom. The number of hydroxylamine groups is 2. The molecule has 0 radical (unpaired) electrons. The van der Waals surface area contributed by atoms with Crippen LogP contribution in [0.2, 0.25) is 5.02 Å². The van der Waals surface area contributed by atoms with Gasteiger partial charge < -0.3 is 9.64 Å². The number of carbonyl (C=O) groups excluding carboxylic acids is 2. The lowest BCUT2D eigenvalue weighted by Gasteiger charge is -2.36. The molecule has 1 aromatic rings. The lowest BCUT2D eigenvalue weighted by Crippen LogP contribution is -2.50. The van der Waals surface area contributed by atoms with E-state index in [1.807, 2.05) is 0 Å². The number of alkyl halides is 1. The number of halogens is 2. The van der Waals surface area contributed by atoms with Gasteiger partial charge in [-0.2, -0.15) is 5.06 Å². The van der Waals surface area contributed by atoms with Gasteiger partial charge in [-0.15, -0.1) is 0 Å². The third kappa shape index (κ3) is 5.43. The molecule has 0 bridgehead atoms. The Morgan fingerprint density at radius 1 is 1.29 bits per heavy atom. The van der Waals surface area contributed by atoms with Gasteiger partial charge >= 0.3 is 5.97 Å². The van der Waals surface area contributed by atoms with Crippen LogP contribution in [0.3, 0.4) is 0 Å². The Hall–Kier alpha value is -1.70. The number of nitrogens with zero attached hydrogens (tertiary/aromatic N) is 2. The first-order valence-corrected chi connectivity index (χ1v) is 7.96. The van der Waals surface area contributed by atoms with Gasteiger partial charge in [0.25, 0.3) is 5.85 Å². The van der Waals surface area contributed by atoms with Crippen LogP contribution < -0.4 is 0 Å². The second-order valence-electron chi connectivity index (χ2n) is 5.71. The lowest BCUT2D eigenvalue weighted by atomic mass is 10.2. The zero-order valence-electron chi connectivity index (χ0n) is 13.6. The summed E-state index contributed by atoms with van der Waals surface area (Å²) >= 11 is 5.80. The van der Waals surface area contributed by atoms with Crippen LogP contribution in [0.4, 0.5) is 4.39 Å². The van der Waals surface area contributed by atoms with E-state index in [2.05, 4.69) is 0 Å². The summed E-state index contributed by atoms with van der Waals surface area (Å²) in [7, 11) is 0. The van der Waals surface area contributed by atoms with E-state index in [0.29, 0.717) is 31.2 Å². The van der Waals surface area contributed by atoms with Gasteiger partial charge in [-0.1, -0.05) is 17.7 Å². The number of amides is 1. The van der Waals surface area contributed by atoms with Gasteiger partial charge in [0.05, 0.1) is 5.56 Å². The number of esters is 1. The fourth-order valence-corrected chi connectivity index (χ4v) is 2.47. The Morgan fingerprint density at radius 3 is 2.54 bits per heavy atom. The van der Waals surface area contributed by atoms with Crippen molar-refractivity contribution < 1.29 is 23.6 Å². The zero-order chi connectivity index (χ0) is 17.7. The maximum Gasteiger partial charge on any atom is 0.338 e. The topological polar surface area (TPSA) is 59.1 Å². The van der Waals surface area contributed by atoms with Crippen molar-refractivity contribution in [3.05, 3.63) is 34.9 Å². The van der Waals surface area contributed by atoms with Crippen LogP contribution in [0, 0.1) is 0 Å². The SMILES string of the molecule is CC(=O)N1CCN(OC(C)(F)COC(=O)c2cccc(Cl)c2)CC1. The van der Waals surface area contributed by atoms with Crippen molar-refractivity contribution in [3.63, 3.8) is 0 Å². The van der Waals surface area contributed by atoms with Gasteiger partial charge in [0.15, 0.2) is 6.61 Å². The second-order valence-corrected chi connectivity index (χ2v) is 6.15. The van der Waals surface area contributed by atoms with Crippen LogP contribution in [0.25, 0.3) is 0 Å². The molecule has 1 unspecified atom stereocenters. The largest absolute Gasteiger partial charge is 0.456 e. The average Bonchev–Trinajstić information content (AvgIpc) is 2.53. The summed E-state index contributed by atoms with van der Waals surface area (Å²) < 4.78 is 19.4. The first-order chi connectivity index (χ1) is 11.3. The summed E-state index contributed by atoms with van der Waals surface area (Å²) in [5.41, 5.74) is 0.244. The minimum atomic E-state index is -2.16. The number of hydrogen-bond donors (Lipinski definition) is 0. The van der Waals surface area contributed by atoms with Crippen molar-refractivity contribution in [3.8, 4) is 0 Å². The second kappa shape index (κ2) is 7.92. The summed E-state index contributed by atoms with van der Waals surface area (Å²) in [6.07, 6.45) is 0. The number of rotatable bonds is 5. The van der Waals surface area contributed by atoms with E-state index in [0.717, 1.165) is 0 Å². The Bertz CT molecular complexity index is 603. The molecule has 6 nitrogen and oxygen atoms in total. The van der Waals surface area contributed by atoms with Crippen molar-refractivity contribution >= 4 is 23.5 Å². The predicted molar refractivity (Wildman–Crippen MR) is 86.2 cm³/mol. The Labute approximate surface area is 145 Å². The number of hydrogen-bond acceptors (Lipinski definition) is 5. The van der Waals surface area contributed by atoms with E-state index in [1.165, 1.54) is 31.0 Å². The van der Waals surface area contributed by atoms with E-state index in [1.54, 1.807) is 17.0 Å². The van der Waals surface area contributed by atoms with E-state index in [9.17, 15) is 14.0 Å². The van der Waals surface area contributed by atoms with Gasteiger partial charge in [0.2, 0.25) is 5.91 Å². The molecule has 132 valence electrons. The number of ether oxygens (including phenoxy) is 1. The van der Waals surface area contributed by atoms with Crippen LogP contribution in [-0.4, -0.2) is 60.5 Å². The van der Waals surface area contributed by atoms with Gasteiger partial charge in [-0.3, -0.25) is 9.63 Å². The third-order valence-electron chi connectivity index (χ3n) is 3.52. The van der Waals surface area contributed by atoms with Crippen LogP contribution in [0.15, 0.2) is 24.3 Å². The number of benzene rings is 1. The molecule has 0 aliphatic carbocycles. The third-order valence-corrected chi connectivity index (χ3v) is 3.76. The minimum absolute atomic E-state index is 0.0203. The Kier molecular flexibility index (Phi) is 6.15. The molecule has 2 rings (SSSR count). The van der Waals surface area contributed by atoms with Crippen molar-refractivity contribution in [1.29, 1.82) is 0 Å². The molecule has 1 aromatic carbocycles. The highest BCUT2D eigenvalue weighted by atomic mass is 35.5. The standard InChI is InChI=1S/C16H20ClFN2O4/c1-12(21)19-6-8-20(9-7-19)24-16(2,18)11-23-15(22)13-4-3-5-14(17)10-13/h3-5,10H,6-9,11H2,1-2H3. The fraction of sp³-hybridized carbons (Fsp3) is 0.500. The summed E-state index contributed by atoms with van der Waals surface area (Å²) in [4.78, 5) is 30.0. The summed E-state index contributed by atoms with van der Waals surface area (Å²) in [6.45, 7) is 3.84. The first-order valence-electron chi connectivity index (χ1n) is 7.58. The van der Waals surface area contributed by atoms with Crippen molar-refractivity contribution in [2.45, 2.75) is 19.7 Å². The first kappa shape index (κ1) is 18.6. The highest BCUT2D eigenvalue weighted by Gasteiger charge is 2.32. The van der Waals surface area contributed by atoms with Crippen LogP contribution >= 0.6 is 11.6 Å². The maximum absolute atomic E-state index is 14.4.